The van der Waals surface area contributed by atoms with Gasteiger partial charge in [0.15, 0.2) is 0 Å². The van der Waals surface area contributed by atoms with E-state index in [-0.39, 0.29) is 0 Å². The second kappa shape index (κ2) is 6.46. The van der Waals surface area contributed by atoms with Gasteiger partial charge in [0.05, 0.1) is 5.41 Å². The molecule has 0 aliphatic heterocycles. The minimum atomic E-state index is -0.391. The maximum absolute atomic E-state index is 3.83. The average molecular weight is 495 g/mol. The molecule has 0 amide bonds. The fraction of sp³-hybridized carbons (Fsp3) is 0.0303. The lowest BCUT2D eigenvalue weighted by Crippen LogP contribution is -2.36. The molecular weight excluding hydrogens is 476 g/mol. The van der Waals surface area contributed by atoms with Crippen molar-refractivity contribution in [1.29, 1.82) is 0 Å². The van der Waals surface area contributed by atoms with Crippen molar-refractivity contribution >= 4 is 37.5 Å². The van der Waals surface area contributed by atoms with Gasteiger partial charge in [-0.15, -0.1) is 0 Å². The van der Waals surface area contributed by atoms with Gasteiger partial charge in [-0.3, -0.25) is 0 Å². The second-order valence-corrected chi connectivity index (χ2v) is 10.3. The van der Waals surface area contributed by atoms with Gasteiger partial charge >= 0.3 is 0 Å². The third-order valence-corrected chi connectivity index (χ3v) is 8.41. The van der Waals surface area contributed by atoms with E-state index in [1.165, 1.54) is 66.1 Å². The van der Waals surface area contributed by atoms with Gasteiger partial charge < -0.3 is 0 Å². The molecular formula is C33H19Br. The summed E-state index contributed by atoms with van der Waals surface area (Å²) in [5.41, 5.74) is 10.4. The van der Waals surface area contributed by atoms with Crippen molar-refractivity contribution in [2.24, 2.45) is 0 Å². The highest BCUT2D eigenvalue weighted by Crippen LogP contribution is 2.60. The lowest BCUT2D eigenvalue weighted by molar-refractivity contribution is 0.754. The molecule has 1 atom stereocenters. The molecule has 8 rings (SSSR count). The molecule has 0 fully saturated rings. The first-order chi connectivity index (χ1) is 16.8. The van der Waals surface area contributed by atoms with Gasteiger partial charge in [0.2, 0.25) is 0 Å². The monoisotopic (exact) mass is 494 g/mol. The van der Waals surface area contributed by atoms with Crippen LogP contribution in [-0.2, 0) is 5.41 Å². The van der Waals surface area contributed by atoms with Gasteiger partial charge in [-0.05, 0) is 78.2 Å². The number of hydrogen-bond donors (Lipinski definition) is 0. The molecule has 6 aromatic carbocycles. The van der Waals surface area contributed by atoms with Gasteiger partial charge in [-0.2, -0.15) is 0 Å². The summed E-state index contributed by atoms with van der Waals surface area (Å²) in [5, 5.41) is 5.33. The van der Waals surface area contributed by atoms with E-state index in [0.29, 0.717) is 0 Å². The second-order valence-electron chi connectivity index (χ2n) is 9.40. The van der Waals surface area contributed by atoms with E-state index in [9.17, 15) is 0 Å². The van der Waals surface area contributed by atoms with Gasteiger partial charge in [-0.1, -0.05) is 119 Å². The zero-order chi connectivity index (χ0) is 22.4. The molecule has 1 spiro atoms. The molecule has 2 aliphatic carbocycles. The summed E-state index contributed by atoms with van der Waals surface area (Å²) >= 11 is 3.83. The van der Waals surface area contributed by atoms with Gasteiger partial charge in [0.25, 0.3) is 0 Å². The Morgan fingerprint density at radius 3 is 1.56 bits per heavy atom. The van der Waals surface area contributed by atoms with Gasteiger partial charge in [-0.25, -0.2) is 0 Å². The van der Waals surface area contributed by atoms with Crippen molar-refractivity contribution in [2.75, 3.05) is 0 Å². The third-order valence-electron chi connectivity index (χ3n) is 7.91. The number of hydrogen-bond acceptors (Lipinski definition) is 0. The Hall–Kier alpha value is -3.68. The first-order valence-corrected chi connectivity index (χ1v) is 12.5. The minimum absolute atomic E-state index is 0.391. The Balaban J connectivity index is 1.73. The Labute approximate surface area is 206 Å². The van der Waals surface area contributed by atoms with E-state index >= 15 is 0 Å². The Morgan fingerprint density at radius 2 is 0.912 bits per heavy atom. The van der Waals surface area contributed by atoms with E-state index < -0.39 is 5.41 Å². The van der Waals surface area contributed by atoms with Crippen LogP contribution in [0.4, 0.5) is 0 Å². The van der Waals surface area contributed by atoms with Crippen molar-refractivity contribution in [2.45, 2.75) is 5.41 Å². The summed E-state index contributed by atoms with van der Waals surface area (Å²) in [7, 11) is 0. The molecule has 0 aromatic heterocycles. The molecule has 0 nitrogen and oxygen atoms in total. The van der Waals surface area contributed by atoms with Crippen LogP contribution in [0.2, 0.25) is 0 Å². The fourth-order valence-electron chi connectivity index (χ4n) is 6.73. The summed E-state index contributed by atoms with van der Waals surface area (Å²) in [4.78, 5) is 0. The first kappa shape index (κ1) is 18.7. The molecule has 2 aliphatic rings. The third kappa shape index (κ3) is 2.10. The van der Waals surface area contributed by atoms with Gasteiger partial charge in [0, 0.05) is 4.47 Å². The van der Waals surface area contributed by atoms with Crippen molar-refractivity contribution < 1.29 is 0 Å². The molecule has 6 aromatic rings. The highest BCUT2D eigenvalue weighted by atomic mass is 79.9. The van der Waals surface area contributed by atoms with Gasteiger partial charge in [0.1, 0.15) is 0 Å². The van der Waals surface area contributed by atoms with Crippen LogP contribution in [0.3, 0.4) is 0 Å². The summed E-state index contributed by atoms with van der Waals surface area (Å²) in [6.07, 6.45) is 0. The van der Waals surface area contributed by atoms with Crippen LogP contribution in [-0.4, -0.2) is 0 Å². The molecule has 1 unspecified atom stereocenters. The molecule has 0 heterocycles. The number of halogens is 1. The fourth-order valence-corrected chi connectivity index (χ4v) is 7.09. The average Bonchev–Trinajstić information content (AvgIpc) is 2.89. The largest absolute Gasteiger partial charge is 0.0726 e. The topological polar surface area (TPSA) is 0 Å². The summed E-state index contributed by atoms with van der Waals surface area (Å²) in [6.45, 7) is 0. The number of rotatable bonds is 0. The smallest absolute Gasteiger partial charge is 0.0619 e. The lowest BCUT2D eigenvalue weighted by atomic mass is 9.56. The van der Waals surface area contributed by atoms with E-state index in [1.54, 1.807) is 0 Å². The predicted molar refractivity (Wildman–Crippen MR) is 145 cm³/mol. The Bertz CT molecular complexity index is 1800. The summed E-state index contributed by atoms with van der Waals surface area (Å²) < 4.78 is 1.11. The molecule has 0 radical (unpaired) electrons. The molecule has 0 bridgehead atoms. The molecule has 158 valence electrons. The normalized spacial score (nSPS) is 17.1. The number of benzene rings is 6. The van der Waals surface area contributed by atoms with Crippen LogP contribution < -0.4 is 0 Å². The molecule has 0 N–H and O–H groups in total. The zero-order valence-corrected chi connectivity index (χ0v) is 19.9. The Morgan fingerprint density at radius 1 is 0.412 bits per heavy atom. The summed E-state index contributed by atoms with van der Waals surface area (Å²) in [6, 6.07) is 43.0. The van der Waals surface area contributed by atoms with Crippen LogP contribution in [0.25, 0.3) is 43.8 Å². The highest BCUT2D eigenvalue weighted by molar-refractivity contribution is 9.10. The van der Waals surface area contributed by atoms with E-state index in [2.05, 4.69) is 131 Å². The van der Waals surface area contributed by atoms with Crippen molar-refractivity contribution in [3.05, 3.63) is 142 Å². The Kier molecular flexibility index (Phi) is 3.56. The van der Waals surface area contributed by atoms with Crippen LogP contribution in [0, 0.1) is 0 Å². The number of fused-ring (bicyclic) bond motifs is 8. The maximum atomic E-state index is 3.83. The van der Waals surface area contributed by atoms with Crippen molar-refractivity contribution in [3.63, 3.8) is 0 Å². The van der Waals surface area contributed by atoms with Crippen molar-refractivity contribution in [1.82, 2.24) is 0 Å². The van der Waals surface area contributed by atoms with E-state index in [0.717, 1.165) is 4.47 Å². The SMILES string of the molecule is Brc1ccc2c(c1)C1(c3ccccc3-c3cccc4cccc1c34)c1cccc3cccc-2c13. The van der Waals surface area contributed by atoms with Crippen molar-refractivity contribution in [3.8, 4) is 22.3 Å². The minimum Gasteiger partial charge on any atom is -0.0619 e. The van der Waals surface area contributed by atoms with Crippen LogP contribution >= 0.6 is 15.9 Å². The van der Waals surface area contributed by atoms with Crippen LogP contribution in [0.15, 0.2) is 120 Å². The molecule has 34 heavy (non-hydrogen) atoms. The maximum Gasteiger partial charge on any atom is 0.0726 e. The lowest BCUT2D eigenvalue weighted by Gasteiger charge is -2.46. The standard InChI is InChI=1S/C33H19Br/c34-22-17-18-24-26-13-4-8-21-10-6-16-29(32(21)26)33(30(24)19-22)27-14-2-1-11-23(27)25-12-3-7-20-9-5-15-28(33)31(20)25/h1-19H. The van der Waals surface area contributed by atoms with Crippen LogP contribution in [0.1, 0.15) is 22.3 Å². The first-order valence-electron chi connectivity index (χ1n) is 11.7. The van der Waals surface area contributed by atoms with Crippen LogP contribution in [0.5, 0.6) is 0 Å². The van der Waals surface area contributed by atoms with E-state index in [4.69, 9.17) is 0 Å². The predicted octanol–water partition coefficient (Wildman–Crippen LogP) is 9.10. The van der Waals surface area contributed by atoms with E-state index in [1.807, 2.05) is 0 Å². The molecule has 0 saturated carbocycles. The summed E-state index contributed by atoms with van der Waals surface area (Å²) in [5.74, 6) is 0. The zero-order valence-electron chi connectivity index (χ0n) is 18.3. The highest BCUT2D eigenvalue weighted by Gasteiger charge is 2.48. The molecule has 0 saturated heterocycles. The molecule has 1 heteroatoms. The quantitative estimate of drug-likeness (QED) is 0.197.